The van der Waals surface area contributed by atoms with E-state index in [-0.39, 0.29) is 0 Å². The van der Waals surface area contributed by atoms with Gasteiger partial charge in [-0.05, 0) is 51.2 Å². The molecule has 104 valence electrons. The molecule has 0 aromatic carbocycles. The van der Waals surface area contributed by atoms with Gasteiger partial charge >= 0.3 is 0 Å². The maximum atomic E-state index is 4.77. The Morgan fingerprint density at radius 3 is 2.85 bits per heavy atom. The van der Waals surface area contributed by atoms with Crippen LogP contribution in [0.5, 0.6) is 0 Å². The van der Waals surface area contributed by atoms with Crippen molar-refractivity contribution in [2.24, 2.45) is 0 Å². The fourth-order valence-electron chi connectivity index (χ4n) is 2.73. The van der Waals surface area contributed by atoms with Gasteiger partial charge < -0.3 is 5.32 Å². The Hall–Kier alpha value is -1.97. The van der Waals surface area contributed by atoms with Crippen molar-refractivity contribution in [2.45, 2.75) is 39.5 Å². The van der Waals surface area contributed by atoms with Gasteiger partial charge in [-0.3, -0.25) is 4.98 Å². The van der Waals surface area contributed by atoms with Gasteiger partial charge in [0.1, 0.15) is 11.5 Å². The minimum atomic E-state index is 0.750. The molecule has 1 N–H and O–H groups in total. The third-order valence-electron chi connectivity index (χ3n) is 3.75. The average molecular weight is 268 g/mol. The van der Waals surface area contributed by atoms with Gasteiger partial charge in [0.2, 0.25) is 0 Å². The van der Waals surface area contributed by atoms with Crippen LogP contribution in [0.1, 0.15) is 36.6 Å². The van der Waals surface area contributed by atoms with Crippen LogP contribution in [-0.2, 0) is 12.8 Å². The van der Waals surface area contributed by atoms with Crippen molar-refractivity contribution in [3.05, 3.63) is 35.2 Å². The second kappa shape index (κ2) is 5.57. The number of hydrogen-bond acceptors (Lipinski definition) is 4. The fourth-order valence-corrected chi connectivity index (χ4v) is 2.73. The number of nitrogens with one attached hydrogen (secondary N) is 1. The minimum absolute atomic E-state index is 0.750. The summed E-state index contributed by atoms with van der Waals surface area (Å²) in [4.78, 5) is 13.9. The van der Waals surface area contributed by atoms with Crippen LogP contribution in [0.2, 0.25) is 0 Å². The van der Waals surface area contributed by atoms with Gasteiger partial charge in [-0.2, -0.15) is 0 Å². The molecule has 0 atom stereocenters. The van der Waals surface area contributed by atoms with Gasteiger partial charge in [-0.1, -0.05) is 6.07 Å². The highest BCUT2D eigenvalue weighted by molar-refractivity contribution is 5.59. The van der Waals surface area contributed by atoms with E-state index < -0.39 is 0 Å². The van der Waals surface area contributed by atoms with Crippen LogP contribution in [-0.4, -0.2) is 21.5 Å². The van der Waals surface area contributed by atoms with E-state index in [0.717, 1.165) is 42.3 Å². The first-order valence-corrected chi connectivity index (χ1v) is 7.35. The number of pyridine rings is 1. The number of aromatic nitrogens is 3. The van der Waals surface area contributed by atoms with Crippen molar-refractivity contribution in [2.75, 3.05) is 11.9 Å². The van der Waals surface area contributed by atoms with E-state index in [2.05, 4.69) is 30.2 Å². The SMILES string of the molecule is CCNc1nc(-c2ncccc2C)nc2c1CCCC2. The smallest absolute Gasteiger partial charge is 0.180 e. The lowest BCUT2D eigenvalue weighted by Crippen LogP contribution is -2.14. The maximum absolute atomic E-state index is 4.77. The molecule has 0 aliphatic heterocycles. The van der Waals surface area contributed by atoms with E-state index in [9.17, 15) is 0 Å². The first-order valence-electron chi connectivity index (χ1n) is 7.35. The quantitative estimate of drug-likeness (QED) is 0.929. The molecule has 1 aliphatic carbocycles. The van der Waals surface area contributed by atoms with E-state index in [4.69, 9.17) is 9.97 Å². The zero-order chi connectivity index (χ0) is 13.9. The number of nitrogens with zero attached hydrogens (tertiary/aromatic N) is 3. The number of hydrogen-bond donors (Lipinski definition) is 1. The summed E-state index contributed by atoms with van der Waals surface area (Å²) in [5.41, 5.74) is 4.50. The summed E-state index contributed by atoms with van der Waals surface area (Å²) in [6.07, 6.45) is 6.39. The number of rotatable bonds is 3. The fraction of sp³-hybridized carbons (Fsp3) is 0.438. The second-order valence-electron chi connectivity index (χ2n) is 5.23. The molecule has 0 bridgehead atoms. The second-order valence-corrected chi connectivity index (χ2v) is 5.23. The summed E-state index contributed by atoms with van der Waals surface area (Å²) in [7, 11) is 0. The van der Waals surface area contributed by atoms with Crippen molar-refractivity contribution in [3.8, 4) is 11.5 Å². The number of aryl methyl sites for hydroxylation is 2. The molecular formula is C16H20N4. The van der Waals surface area contributed by atoms with E-state index in [1.54, 1.807) is 6.20 Å². The molecule has 2 aromatic heterocycles. The Labute approximate surface area is 119 Å². The molecule has 20 heavy (non-hydrogen) atoms. The Kier molecular flexibility index (Phi) is 3.63. The molecule has 4 nitrogen and oxygen atoms in total. The monoisotopic (exact) mass is 268 g/mol. The molecule has 4 heteroatoms. The summed E-state index contributed by atoms with van der Waals surface area (Å²) in [5.74, 6) is 1.75. The normalized spacial score (nSPS) is 13.9. The predicted octanol–water partition coefficient (Wildman–Crippen LogP) is 3.16. The summed E-state index contributed by atoms with van der Waals surface area (Å²) in [5, 5.41) is 3.39. The molecule has 3 rings (SSSR count). The lowest BCUT2D eigenvalue weighted by molar-refractivity contribution is 0.664. The first kappa shape index (κ1) is 13.0. The lowest BCUT2D eigenvalue weighted by atomic mass is 9.96. The number of fused-ring (bicyclic) bond motifs is 1. The van der Waals surface area contributed by atoms with Crippen molar-refractivity contribution < 1.29 is 0 Å². The van der Waals surface area contributed by atoms with Gasteiger partial charge in [0, 0.05) is 24.0 Å². The highest BCUT2D eigenvalue weighted by Crippen LogP contribution is 2.28. The molecule has 0 unspecified atom stereocenters. The molecule has 0 fully saturated rings. The maximum Gasteiger partial charge on any atom is 0.180 e. The molecule has 0 radical (unpaired) electrons. The van der Waals surface area contributed by atoms with Crippen LogP contribution in [0.25, 0.3) is 11.5 Å². The molecule has 2 aromatic rings. The average Bonchev–Trinajstić information content (AvgIpc) is 2.48. The molecule has 1 aliphatic rings. The van der Waals surface area contributed by atoms with Gasteiger partial charge in [0.15, 0.2) is 5.82 Å². The van der Waals surface area contributed by atoms with Crippen LogP contribution >= 0.6 is 0 Å². The molecule has 0 amide bonds. The minimum Gasteiger partial charge on any atom is -0.370 e. The summed E-state index contributed by atoms with van der Waals surface area (Å²) in [6, 6.07) is 4.00. The van der Waals surface area contributed by atoms with Crippen LogP contribution in [0.4, 0.5) is 5.82 Å². The Morgan fingerprint density at radius 1 is 1.20 bits per heavy atom. The van der Waals surface area contributed by atoms with Crippen LogP contribution < -0.4 is 5.32 Å². The van der Waals surface area contributed by atoms with Crippen LogP contribution in [0.3, 0.4) is 0 Å². The third kappa shape index (κ3) is 2.38. The molecule has 2 heterocycles. The van der Waals surface area contributed by atoms with E-state index >= 15 is 0 Å². The van der Waals surface area contributed by atoms with Gasteiger partial charge in [-0.15, -0.1) is 0 Å². The molecular weight excluding hydrogens is 248 g/mol. The Balaban J connectivity index is 2.13. The number of anilines is 1. The van der Waals surface area contributed by atoms with Crippen LogP contribution in [0.15, 0.2) is 18.3 Å². The lowest BCUT2D eigenvalue weighted by Gasteiger charge is -2.19. The first-order chi connectivity index (χ1) is 9.79. The Bertz CT molecular complexity index is 622. The summed E-state index contributed by atoms with van der Waals surface area (Å²) >= 11 is 0. The van der Waals surface area contributed by atoms with Crippen molar-refractivity contribution in [1.29, 1.82) is 0 Å². The molecule has 0 saturated heterocycles. The summed E-state index contributed by atoms with van der Waals surface area (Å²) < 4.78 is 0. The Morgan fingerprint density at radius 2 is 2.05 bits per heavy atom. The van der Waals surface area contributed by atoms with Crippen molar-refractivity contribution in [1.82, 2.24) is 15.0 Å². The van der Waals surface area contributed by atoms with Crippen molar-refractivity contribution >= 4 is 5.82 Å². The van der Waals surface area contributed by atoms with E-state index in [1.165, 1.54) is 24.1 Å². The topological polar surface area (TPSA) is 50.7 Å². The summed E-state index contributed by atoms with van der Waals surface area (Å²) in [6.45, 7) is 5.03. The van der Waals surface area contributed by atoms with Crippen LogP contribution in [0, 0.1) is 6.92 Å². The molecule has 0 saturated carbocycles. The third-order valence-corrected chi connectivity index (χ3v) is 3.75. The predicted molar refractivity (Wildman–Crippen MR) is 80.8 cm³/mol. The van der Waals surface area contributed by atoms with E-state index in [1.807, 2.05) is 6.07 Å². The van der Waals surface area contributed by atoms with Gasteiger partial charge in [0.05, 0.1) is 0 Å². The van der Waals surface area contributed by atoms with E-state index in [0.29, 0.717) is 0 Å². The van der Waals surface area contributed by atoms with Gasteiger partial charge in [0.25, 0.3) is 0 Å². The standard InChI is InChI=1S/C16H20N4/c1-3-17-15-12-8-4-5-9-13(12)19-16(20-15)14-11(2)7-6-10-18-14/h6-7,10H,3-5,8-9H2,1-2H3,(H,17,19,20). The highest BCUT2D eigenvalue weighted by Gasteiger charge is 2.19. The van der Waals surface area contributed by atoms with Gasteiger partial charge in [-0.25, -0.2) is 9.97 Å². The zero-order valence-corrected chi connectivity index (χ0v) is 12.1. The molecule has 0 spiro atoms. The highest BCUT2D eigenvalue weighted by atomic mass is 15.0. The largest absolute Gasteiger partial charge is 0.370 e. The van der Waals surface area contributed by atoms with Crippen molar-refractivity contribution in [3.63, 3.8) is 0 Å². The zero-order valence-electron chi connectivity index (χ0n) is 12.1.